The summed E-state index contributed by atoms with van der Waals surface area (Å²) in [6, 6.07) is 0.423. The topological polar surface area (TPSA) is 55.6 Å². The number of nitrogens with zero attached hydrogens (tertiary/aromatic N) is 1. The van der Waals surface area contributed by atoms with E-state index >= 15 is 0 Å². The van der Waals surface area contributed by atoms with E-state index in [0.717, 1.165) is 32.2 Å². The van der Waals surface area contributed by atoms with Gasteiger partial charge in [-0.3, -0.25) is 0 Å². The molecule has 2 fully saturated rings. The molecule has 2 N–H and O–H groups in total. The highest BCUT2D eigenvalue weighted by Gasteiger charge is 2.43. The molecule has 92 valence electrons. The highest BCUT2D eigenvalue weighted by Crippen LogP contribution is 2.33. The summed E-state index contributed by atoms with van der Waals surface area (Å²) in [4.78, 5) is 13.7. The van der Waals surface area contributed by atoms with Crippen molar-refractivity contribution in [2.75, 3.05) is 13.1 Å². The molecule has 0 aromatic carbocycles. The number of carbonyl (C=O) groups is 1. The van der Waals surface area contributed by atoms with E-state index in [-0.39, 0.29) is 11.7 Å². The van der Waals surface area contributed by atoms with Crippen LogP contribution in [0.3, 0.4) is 0 Å². The third kappa shape index (κ3) is 2.32. The van der Waals surface area contributed by atoms with Gasteiger partial charge in [-0.25, -0.2) is 4.79 Å². The molecule has 1 saturated heterocycles. The second kappa shape index (κ2) is 4.62. The number of carbonyl (C=O) groups excluding carboxylic acids is 1. The summed E-state index contributed by atoms with van der Waals surface area (Å²) in [6.07, 6.45) is 6.44. The molecule has 1 amide bonds. The average molecular weight is 226 g/mol. The first-order chi connectivity index (χ1) is 7.64. The van der Waals surface area contributed by atoms with Crippen molar-refractivity contribution in [1.82, 2.24) is 4.90 Å². The maximum atomic E-state index is 11.8. The molecular weight excluding hydrogens is 204 g/mol. The monoisotopic (exact) mass is 226 g/mol. The lowest BCUT2D eigenvalue weighted by Crippen LogP contribution is -2.37. The average Bonchev–Trinajstić information content (AvgIpc) is 2.84. The van der Waals surface area contributed by atoms with Crippen LogP contribution in [0.2, 0.25) is 0 Å². The Hall–Kier alpha value is -0.770. The van der Waals surface area contributed by atoms with Gasteiger partial charge in [0.25, 0.3) is 0 Å². The van der Waals surface area contributed by atoms with Crippen molar-refractivity contribution in [1.29, 1.82) is 0 Å². The molecule has 2 rings (SSSR count). The fraction of sp³-hybridized carbons (Fsp3) is 0.917. The van der Waals surface area contributed by atoms with Gasteiger partial charge in [0.2, 0.25) is 0 Å². The Labute approximate surface area is 97.1 Å². The maximum absolute atomic E-state index is 11.8. The van der Waals surface area contributed by atoms with Crippen molar-refractivity contribution >= 4 is 6.09 Å². The Balaban J connectivity index is 1.94. The number of rotatable bonds is 4. The minimum atomic E-state index is -0.307. The third-order valence-corrected chi connectivity index (χ3v) is 3.75. The number of nitrogens with two attached hydrogens (primary N) is 1. The number of hydrogen-bond donors (Lipinski definition) is 1. The molecule has 0 aromatic heterocycles. The van der Waals surface area contributed by atoms with Crippen molar-refractivity contribution in [3.05, 3.63) is 0 Å². The van der Waals surface area contributed by atoms with Crippen molar-refractivity contribution in [2.45, 2.75) is 57.1 Å². The standard InChI is InChI=1S/C12H22N2O2/c1-12(7-4-8-13)9-14(11(15)16-12)10-5-2-3-6-10/h10H,2-9,13H2,1H3. The highest BCUT2D eigenvalue weighted by atomic mass is 16.6. The molecule has 16 heavy (non-hydrogen) atoms. The Morgan fingerprint density at radius 2 is 2.19 bits per heavy atom. The van der Waals surface area contributed by atoms with Crippen LogP contribution in [0.25, 0.3) is 0 Å². The number of hydrogen-bond acceptors (Lipinski definition) is 3. The maximum Gasteiger partial charge on any atom is 0.410 e. The summed E-state index contributed by atoms with van der Waals surface area (Å²) in [7, 11) is 0. The van der Waals surface area contributed by atoms with Gasteiger partial charge in [0, 0.05) is 6.04 Å². The summed E-state index contributed by atoms with van der Waals surface area (Å²) in [5.41, 5.74) is 5.20. The van der Waals surface area contributed by atoms with Gasteiger partial charge in [0.15, 0.2) is 0 Å². The van der Waals surface area contributed by atoms with Crippen molar-refractivity contribution in [3.63, 3.8) is 0 Å². The molecule has 4 heteroatoms. The fourth-order valence-electron chi connectivity index (χ4n) is 2.83. The van der Waals surface area contributed by atoms with Gasteiger partial charge in [-0.1, -0.05) is 12.8 Å². The molecule has 0 radical (unpaired) electrons. The highest BCUT2D eigenvalue weighted by molar-refractivity contribution is 5.71. The van der Waals surface area contributed by atoms with Crippen molar-refractivity contribution in [2.24, 2.45) is 5.73 Å². The summed E-state index contributed by atoms with van der Waals surface area (Å²) < 4.78 is 5.51. The largest absolute Gasteiger partial charge is 0.441 e. The van der Waals surface area contributed by atoms with E-state index in [1.54, 1.807) is 0 Å². The minimum Gasteiger partial charge on any atom is -0.441 e. The predicted molar refractivity (Wildman–Crippen MR) is 62.1 cm³/mol. The van der Waals surface area contributed by atoms with Crippen LogP contribution in [0.5, 0.6) is 0 Å². The molecule has 4 nitrogen and oxygen atoms in total. The first kappa shape index (κ1) is 11.7. The van der Waals surface area contributed by atoms with Crippen LogP contribution >= 0.6 is 0 Å². The number of amides is 1. The normalized spacial score (nSPS) is 31.1. The van der Waals surface area contributed by atoms with Crippen LogP contribution in [0.1, 0.15) is 45.4 Å². The molecule has 0 spiro atoms. The van der Waals surface area contributed by atoms with Crippen LogP contribution in [0.4, 0.5) is 4.79 Å². The molecule has 1 atom stereocenters. The Morgan fingerprint density at radius 3 is 2.81 bits per heavy atom. The summed E-state index contributed by atoms with van der Waals surface area (Å²) in [5.74, 6) is 0. The van der Waals surface area contributed by atoms with Crippen LogP contribution in [0.15, 0.2) is 0 Å². The van der Waals surface area contributed by atoms with Gasteiger partial charge in [0.1, 0.15) is 5.60 Å². The first-order valence-corrected chi connectivity index (χ1v) is 6.34. The molecule has 2 aliphatic rings. The van der Waals surface area contributed by atoms with E-state index in [1.807, 2.05) is 11.8 Å². The molecule has 0 bridgehead atoms. The van der Waals surface area contributed by atoms with Gasteiger partial charge in [0.05, 0.1) is 6.54 Å². The molecule has 0 aromatic rings. The molecule has 1 heterocycles. The zero-order valence-corrected chi connectivity index (χ0v) is 10.1. The van der Waals surface area contributed by atoms with Crippen molar-refractivity contribution in [3.8, 4) is 0 Å². The fourth-order valence-corrected chi connectivity index (χ4v) is 2.83. The molecular formula is C12H22N2O2. The van der Waals surface area contributed by atoms with Crippen molar-refractivity contribution < 1.29 is 9.53 Å². The SMILES string of the molecule is CC1(CCCN)CN(C2CCCC2)C(=O)O1. The van der Waals surface area contributed by atoms with Gasteiger partial charge in [-0.05, 0) is 39.2 Å². The zero-order valence-electron chi connectivity index (χ0n) is 10.1. The molecule has 1 aliphatic heterocycles. The third-order valence-electron chi connectivity index (χ3n) is 3.75. The van der Waals surface area contributed by atoms with Gasteiger partial charge in [-0.2, -0.15) is 0 Å². The second-order valence-electron chi connectivity index (χ2n) is 5.28. The Morgan fingerprint density at radius 1 is 1.50 bits per heavy atom. The lowest BCUT2D eigenvalue weighted by atomic mass is 9.99. The Bertz CT molecular complexity index is 264. The number of ether oxygens (including phenoxy) is 1. The van der Waals surface area contributed by atoms with Gasteiger partial charge >= 0.3 is 6.09 Å². The van der Waals surface area contributed by atoms with E-state index < -0.39 is 0 Å². The lowest BCUT2D eigenvalue weighted by molar-refractivity contribution is 0.0637. The zero-order chi connectivity index (χ0) is 11.6. The molecule has 1 aliphatic carbocycles. The predicted octanol–water partition coefficient (Wildman–Crippen LogP) is 1.88. The minimum absolute atomic E-state index is 0.119. The first-order valence-electron chi connectivity index (χ1n) is 6.34. The van der Waals surface area contributed by atoms with E-state index in [1.165, 1.54) is 12.8 Å². The van der Waals surface area contributed by atoms with Crippen LogP contribution in [-0.4, -0.2) is 35.7 Å². The summed E-state index contributed by atoms with van der Waals surface area (Å²) in [5, 5.41) is 0. The van der Waals surface area contributed by atoms with Gasteiger partial charge in [-0.15, -0.1) is 0 Å². The number of cyclic esters (lactones) is 1. The lowest BCUT2D eigenvalue weighted by Gasteiger charge is -2.24. The summed E-state index contributed by atoms with van der Waals surface area (Å²) >= 11 is 0. The van der Waals surface area contributed by atoms with E-state index in [9.17, 15) is 4.79 Å². The van der Waals surface area contributed by atoms with Crippen LogP contribution in [0, 0.1) is 0 Å². The molecule has 1 saturated carbocycles. The van der Waals surface area contributed by atoms with Crippen LogP contribution in [-0.2, 0) is 4.74 Å². The van der Waals surface area contributed by atoms with Gasteiger partial charge < -0.3 is 15.4 Å². The second-order valence-corrected chi connectivity index (χ2v) is 5.28. The van der Waals surface area contributed by atoms with E-state index in [0.29, 0.717) is 12.6 Å². The van der Waals surface area contributed by atoms with E-state index in [4.69, 9.17) is 10.5 Å². The smallest absolute Gasteiger partial charge is 0.410 e. The molecule has 1 unspecified atom stereocenters. The Kier molecular flexibility index (Phi) is 3.38. The van der Waals surface area contributed by atoms with E-state index in [2.05, 4.69) is 0 Å². The quantitative estimate of drug-likeness (QED) is 0.796. The van der Waals surface area contributed by atoms with Crippen LogP contribution < -0.4 is 5.73 Å². The summed E-state index contributed by atoms with van der Waals surface area (Å²) in [6.45, 7) is 3.43.